The molecule has 1 aliphatic rings. The number of hydrogen-bond acceptors (Lipinski definition) is 10. The van der Waals surface area contributed by atoms with Crippen molar-refractivity contribution in [3.8, 4) is 6.07 Å². The van der Waals surface area contributed by atoms with Crippen molar-refractivity contribution in [3.05, 3.63) is 17.2 Å². The summed E-state index contributed by atoms with van der Waals surface area (Å²) in [4.78, 5) is 43.2. The van der Waals surface area contributed by atoms with E-state index in [0.29, 0.717) is 36.8 Å². The van der Waals surface area contributed by atoms with E-state index in [4.69, 9.17) is 14.2 Å². The molecule has 1 aromatic rings. The number of thioether (sulfide) groups is 1. The van der Waals surface area contributed by atoms with Gasteiger partial charge < -0.3 is 19.1 Å². The van der Waals surface area contributed by atoms with E-state index in [2.05, 4.69) is 11.1 Å². The second kappa shape index (κ2) is 11.9. The van der Waals surface area contributed by atoms with Crippen LogP contribution in [0.15, 0.2) is 11.1 Å². The van der Waals surface area contributed by atoms with Gasteiger partial charge in [0, 0.05) is 13.1 Å². The van der Waals surface area contributed by atoms with Gasteiger partial charge in [-0.15, -0.1) is 0 Å². The van der Waals surface area contributed by atoms with E-state index in [1.54, 1.807) is 13.8 Å². The number of piperidine rings is 1. The number of rotatable bonds is 8. The minimum absolute atomic E-state index is 0.0285. The molecule has 1 aromatic heterocycles. The number of esters is 3. The van der Waals surface area contributed by atoms with Gasteiger partial charge in [-0.25, -0.2) is 9.78 Å². The van der Waals surface area contributed by atoms with Crippen LogP contribution in [0.3, 0.4) is 0 Å². The minimum atomic E-state index is -0.608. The first-order valence-electron chi connectivity index (χ1n) is 11.0. The van der Waals surface area contributed by atoms with Crippen LogP contribution < -0.4 is 4.90 Å². The molecule has 0 amide bonds. The number of nitrogens with zero attached hydrogens (tertiary/aromatic N) is 3. The Kier molecular flexibility index (Phi) is 9.53. The van der Waals surface area contributed by atoms with Gasteiger partial charge in [0.15, 0.2) is 0 Å². The molecule has 1 aliphatic heterocycles. The number of carbonyl (C=O) groups is 3. The maximum absolute atomic E-state index is 12.5. The average molecular weight is 478 g/mol. The summed E-state index contributed by atoms with van der Waals surface area (Å²) in [6.45, 7) is 10.3. The van der Waals surface area contributed by atoms with Crippen LogP contribution in [0.4, 0.5) is 5.82 Å². The zero-order valence-electron chi connectivity index (χ0n) is 19.8. The van der Waals surface area contributed by atoms with Crippen molar-refractivity contribution in [1.82, 2.24) is 4.98 Å². The molecular formula is C23H31N3O6S. The Bertz CT molecular complexity index is 914. The van der Waals surface area contributed by atoms with Crippen LogP contribution in [0.2, 0.25) is 0 Å². The van der Waals surface area contributed by atoms with E-state index in [1.165, 1.54) is 6.07 Å². The average Bonchev–Trinajstić information content (AvgIpc) is 2.76. The van der Waals surface area contributed by atoms with Gasteiger partial charge in [0.05, 0.1) is 36.0 Å². The third-order valence-electron chi connectivity index (χ3n) is 4.75. The Morgan fingerprint density at radius 3 is 2.36 bits per heavy atom. The monoisotopic (exact) mass is 477 g/mol. The lowest BCUT2D eigenvalue weighted by molar-refractivity contribution is -0.160. The van der Waals surface area contributed by atoms with Crippen molar-refractivity contribution in [3.63, 3.8) is 0 Å². The van der Waals surface area contributed by atoms with Crippen LogP contribution in [0.1, 0.15) is 63.4 Å². The molecule has 0 saturated carbocycles. The van der Waals surface area contributed by atoms with Crippen LogP contribution in [0, 0.1) is 17.2 Å². The predicted octanol–water partition coefficient (Wildman–Crippen LogP) is 3.34. The fourth-order valence-corrected chi connectivity index (χ4v) is 4.10. The van der Waals surface area contributed by atoms with E-state index >= 15 is 0 Å². The van der Waals surface area contributed by atoms with E-state index in [9.17, 15) is 19.6 Å². The summed E-state index contributed by atoms with van der Waals surface area (Å²) >= 11 is 1.06. The molecule has 180 valence electrons. The van der Waals surface area contributed by atoms with Gasteiger partial charge in [0.2, 0.25) is 0 Å². The fourth-order valence-electron chi connectivity index (χ4n) is 3.32. The normalized spacial score (nSPS) is 14.4. The molecule has 1 fully saturated rings. The molecule has 0 radical (unpaired) electrons. The molecule has 0 unspecified atom stereocenters. The second-order valence-electron chi connectivity index (χ2n) is 8.43. The molecule has 33 heavy (non-hydrogen) atoms. The summed E-state index contributed by atoms with van der Waals surface area (Å²) in [5.41, 5.74) is -0.179. The molecule has 0 bridgehead atoms. The summed E-state index contributed by atoms with van der Waals surface area (Å²) in [7, 11) is 0. The zero-order chi connectivity index (χ0) is 24.6. The highest BCUT2D eigenvalue weighted by Crippen LogP contribution is 2.31. The van der Waals surface area contributed by atoms with Crippen molar-refractivity contribution < 1.29 is 28.6 Å². The highest BCUT2D eigenvalue weighted by Gasteiger charge is 2.31. The van der Waals surface area contributed by atoms with Gasteiger partial charge in [0.1, 0.15) is 22.5 Å². The highest BCUT2D eigenvalue weighted by molar-refractivity contribution is 8.00. The Balaban J connectivity index is 2.26. The molecule has 1 saturated heterocycles. The quantitative estimate of drug-likeness (QED) is 0.313. The number of ether oxygens (including phenoxy) is 3. The van der Waals surface area contributed by atoms with Gasteiger partial charge >= 0.3 is 17.9 Å². The largest absolute Gasteiger partial charge is 0.465 e. The highest BCUT2D eigenvalue weighted by atomic mass is 32.2. The third-order valence-corrected chi connectivity index (χ3v) is 5.71. The minimum Gasteiger partial charge on any atom is -0.465 e. The van der Waals surface area contributed by atoms with E-state index in [1.807, 2.05) is 25.7 Å². The smallest absolute Gasteiger partial charge is 0.340 e. The molecule has 2 rings (SSSR count). The van der Waals surface area contributed by atoms with Crippen LogP contribution >= 0.6 is 11.8 Å². The molecule has 2 heterocycles. The first kappa shape index (κ1) is 26.5. The molecule has 10 heteroatoms. The lowest BCUT2D eigenvalue weighted by Gasteiger charge is -2.33. The van der Waals surface area contributed by atoms with Crippen molar-refractivity contribution in [1.29, 1.82) is 5.26 Å². The summed E-state index contributed by atoms with van der Waals surface area (Å²) in [6.07, 6.45) is 1.12. The molecule has 9 nitrogen and oxygen atoms in total. The van der Waals surface area contributed by atoms with Gasteiger partial charge in [-0.05, 0) is 53.5 Å². The second-order valence-corrected chi connectivity index (χ2v) is 9.40. The van der Waals surface area contributed by atoms with Crippen LogP contribution in [-0.2, 0) is 23.8 Å². The van der Waals surface area contributed by atoms with Crippen molar-refractivity contribution in [2.75, 3.05) is 37.0 Å². The van der Waals surface area contributed by atoms with Crippen molar-refractivity contribution >= 4 is 35.5 Å². The first-order chi connectivity index (χ1) is 15.6. The Labute approximate surface area is 198 Å². The zero-order valence-corrected chi connectivity index (χ0v) is 20.6. The Morgan fingerprint density at radius 2 is 1.82 bits per heavy atom. The number of nitriles is 1. The fraction of sp³-hybridized carbons (Fsp3) is 0.609. The van der Waals surface area contributed by atoms with Crippen LogP contribution in [-0.4, -0.2) is 60.5 Å². The summed E-state index contributed by atoms with van der Waals surface area (Å²) < 4.78 is 15.6. The maximum Gasteiger partial charge on any atom is 0.340 e. The number of aromatic nitrogens is 1. The first-order valence-corrected chi connectivity index (χ1v) is 12.0. The number of carbonyl (C=O) groups excluding carboxylic acids is 3. The van der Waals surface area contributed by atoms with Gasteiger partial charge in [-0.1, -0.05) is 11.8 Å². The molecule has 0 aliphatic carbocycles. The molecule has 0 N–H and O–H groups in total. The lowest BCUT2D eigenvalue weighted by atomic mass is 9.96. The maximum atomic E-state index is 12.5. The molecular weight excluding hydrogens is 446 g/mol. The van der Waals surface area contributed by atoms with Crippen molar-refractivity contribution in [2.24, 2.45) is 5.92 Å². The summed E-state index contributed by atoms with van der Waals surface area (Å²) in [5, 5.41) is 10.0. The van der Waals surface area contributed by atoms with E-state index in [-0.39, 0.29) is 42.0 Å². The number of anilines is 1. The van der Waals surface area contributed by atoms with Crippen LogP contribution in [0.5, 0.6) is 0 Å². The van der Waals surface area contributed by atoms with Gasteiger partial charge in [0.25, 0.3) is 0 Å². The van der Waals surface area contributed by atoms with Gasteiger partial charge in [-0.3, -0.25) is 9.59 Å². The standard InChI is InChI=1S/C23H31N3O6S/c1-6-30-18(27)14-33-20-17(22(29)31-7-2)12-16(13-24)19(25-20)26-10-8-15(9-11-26)21(28)32-23(3,4)5/h12,15H,6-11,14H2,1-5H3. The van der Waals surface area contributed by atoms with E-state index in [0.717, 1.165) is 11.8 Å². The van der Waals surface area contributed by atoms with Gasteiger partial charge in [-0.2, -0.15) is 5.26 Å². The van der Waals surface area contributed by atoms with E-state index < -0.39 is 17.5 Å². The Morgan fingerprint density at radius 1 is 1.18 bits per heavy atom. The predicted molar refractivity (Wildman–Crippen MR) is 123 cm³/mol. The molecule has 0 atom stereocenters. The topological polar surface area (TPSA) is 119 Å². The molecule has 0 aromatic carbocycles. The summed E-state index contributed by atoms with van der Waals surface area (Å²) in [5.74, 6) is -1.09. The number of hydrogen-bond donors (Lipinski definition) is 0. The van der Waals surface area contributed by atoms with Crippen LogP contribution in [0.25, 0.3) is 0 Å². The summed E-state index contributed by atoms with van der Waals surface area (Å²) in [6, 6.07) is 3.56. The third kappa shape index (κ3) is 7.63. The van der Waals surface area contributed by atoms with Crippen molar-refractivity contribution in [2.45, 2.75) is 58.1 Å². The SMILES string of the molecule is CCOC(=O)CSc1nc(N2CCC(C(=O)OC(C)(C)C)CC2)c(C#N)cc1C(=O)OCC. The Hall–Kier alpha value is -2.80. The number of pyridine rings is 1. The molecule has 0 spiro atoms. The lowest BCUT2D eigenvalue weighted by Crippen LogP contribution is -2.39.